The summed E-state index contributed by atoms with van der Waals surface area (Å²) in [5.41, 5.74) is 0.927. The number of carbonyl (C=O) groups is 3. The summed E-state index contributed by atoms with van der Waals surface area (Å²) in [6.07, 6.45) is 8.84. The molecule has 3 amide bonds. The normalized spacial score (nSPS) is 21.0. The van der Waals surface area contributed by atoms with Gasteiger partial charge in [0.25, 0.3) is 0 Å². The summed E-state index contributed by atoms with van der Waals surface area (Å²) < 4.78 is 5.62. The molecule has 1 aliphatic heterocycles. The smallest absolute Gasteiger partial charge is 0.246 e. The maximum atomic E-state index is 13.9. The number of amides is 3. The molecule has 10 heteroatoms. The Bertz CT molecular complexity index is 1140. The number of benzene rings is 1. The van der Waals surface area contributed by atoms with Crippen molar-refractivity contribution in [2.24, 2.45) is 17.8 Å². The molecule has 10 nitrogen and oxygen atoms in total. The van der Waals surface area contributed by atoms with E-state index in [0.29, 0.717) is 44.9 Å². The minimum absolute atomic E-state index is 0.00280. The summed E-state index contributed by atoms with van der Waals surface area (Å²) in [6.45, 7) is 8.52. The lowest BCUT2D eigenvalue weighted by Gasteiger charge is -2.34. The lowest BCUT2D eigenvalue weighted by atomic mass is 9.82. The van der Waals surface area contributed by atoms with Crippen molar-refractivity contribution in [2.45, 2.75) is 115 Å². The summed E-state index contributed by atoms with van der Waals surface area (Å²) in [5, 5.41) is 28.0. The number of allylic oxidation sites excluding steroid dienone is 1. The highest BCUT2D eigenvalue weighted by atomic mass is 16.5. The fourth-order valence-corrected chi connectivity index (χ4v) is 6.92. The minimum Gasteiger partial charge on any atom is -0.390 e. The molecule has 1 aromatic rings. The summed E-state index contributed by atoms with van der Waals surface area (Å²) in [7, 11) is 3.84. The van der Waals surface area contributed by atoms with Crippen molar-refractivity contribution in [2.75, 3.05) is 40.4 Å². The first-order chi connectivity index (χ1) is 23.0. The molecule has 48 heavy (non-hydrogen) atoms. The van der Waals surface area contributed by atoms with Crippen molar-refractivity contribution in [3.8, 4) is 0 Å². The van der Waals surface area contributed by atoms with Gasteiger partial charge < -0.3 is 30.5 Å². The van der Waals surface area contributed by atoms with Crippen molar-refractivity contribution in [3.63, 3.8) is 0 Å². The molecule has 270 valence electrons. The van der Waals surface area contributed by atoms with Crippen LogP contribution < -0.4 is 10.6 Å². The van der Waals surface area contributed by atoms with Crippen LogP contribution in [-0.2, 0) is 25.5 Å². The van der Waals surface area contributed by atoms with E-state index >= 15 is 0 Å². The number of aliphatic hydroxyl groups excluding tert-OH is 2. The largest absolute Gasteiger partial charge is 0.390 e. The zero-order valence-corrected chi connectivity index (χ0v) is 30.0. The number of rotatable bonds is 18. The lowest BCUT2D eigenvalue weighted by molar-refractivity contribution is -0.136. The van der Waals surface area contributed by atoms with Crippen LogP contribution >= 0.6 is 0 Å². The van der Waals surface area contributed by atoms with Crippen molar-refractivity contribution < 1.29 is 29.3 Å². The Hall–Kier alpha value is -2.79. The van der Waals surface area contributed by atoms with E-state index in [0.717, 1.165) is 44.2 Å². The predicted molar refractivity (Wildman–Crippen MR) is 189 cm³/mol. The van der Waals surface area contributed by atoms with E-state index in [1.165, 1.54) is 6.42 Å². The van der Waals surface area contributed by atoms with Gasteiger partial charge in [0.2, 0.25) is 17.7 Å². The van der Waals surface area contributed by atoms with Gasteiger partial charge in [-0.05, 0) is 57.1 Å². The quantitative estimate of drug-likeness (QED) is 0.175. The number of aliphatic hydroxyl groups is 2. The molecule has 1 aliphatic carbocycles. The number of hydrogen-bond acceptors (Lipinski definition) is 7. The first kappa shape index (κ1) is 39.6. The van der Waals surface area contributed by atoms with Gasteiger partial charge in [0.15, 0.2) is 0 Å². The third-order valence-electron chi connectivity index (χ3n) is 9.99. The number of nitrogens with zero attached hydrogens (tertiary/aromatic N) is 2. The highest BCUT2D eigenvalue weighted by molar-refractivity contribution is 5.92. The van der Waals surface area contributed by atoms with Crippen LogP contribution in [0.1, 0.15) is 84.1 Å². The predicted octanol–water partition coefficient (Wildman–Crippen LogP) is 3.70. The topological polar surface area (TPSA) is 131 Å². The van der Waals surface area contributed by atoms with Gasteiger partial charge in [-0.2, -0.15) is 0 Å². The van der Waals surface area contributed by atoms with E-state index in [1.807, 2.05) is 44.2 Å². The first-order valence-corrected chi connectivity index (χ1v) is 18.1. The molecule has 0 radical (unpaired) electrons. The number of likely N-dealkylation sites (N-methyl/N-ethyl adjacent to an activating group) is 1. The molecule has 0 aromatic heterocycles. The van der Waals surface area contributed by atoms with Gasteiger partial charge in [-0.25, -0.2) is 0 Å². The molecule has 6 atom stereocenters. The van der Waals surface area contributed by atoms with Crippen molar-refractivity contribution in [1.82, 2.24) is 20.4 Å². The molecule has 2 fully saturated rings. The van der Waals surface area contributed by atoms with Crippen LogP contribution in [0.2, 0.25) is 0 Å². The Balaban J connectivity index is 1.72. The number of hydrogen-bond donors (Lipinski definition) is 4. The van der Waals surface area contributed by atoms with Crippen LogP contribution in [0.5, 0.6) is 0 Å². The van der Waals surface area contributed by atoms with Crippen LogP contribution in [0.15, 0.2) is 42.5 Å². The molecule has 1 aromatic carbocycles. The molecular weight excluding hydrogens is 608 g/mol. The highest BCUT2D eigenvalue weighted by Gasteiger charge is 2.34. The van der Waals surface area contributed by atoms with Gasteiger partial charge in [0.1, 0.15) is 12.1 Å². The number of ether oxygens (including phenoxy) is 1. The van der Waals surface area contributed by atoms with Crippen LogP contribution in [0, 0.1) is 17.8 Å². The average Bonchev–Trinajstić information content (AvgIpc) is 3.07. The summed E-state index contributed by atoms with van der Waals surface area (Å²) in [4.78, 5) is 45.1. The second-order valence-electron chi connectivity index (χ2n) is 14.5. The Morgan fingerprint density at radius 1 is 1.06 bits per heavy atom. The number of morpholine rings is 1. The maximum absolute atomic E-state index is 13.9. The van der Waals surface area contributed by atoms with E-state index in [9.17, 15) is 24.6 Å². The lowest BCUT2D eigenvalue weighted by Crippen LogP contribution is -2.55. The molecule has 3 rings (SSSR count). The minimum atomic E-state index is -1.13. The third kappa shape index (κ3) is 13.3. The monoisotopic (exact) mass is 670 g/mol. The van der Waals surface area contributed by atoms with Crippen LogP contribution in [0.25, 0.3) is 0 Å². The first-order valence-electron chi connectivity index (χ1n) is 18.1. The van der Waals surface area contributed by atoms with E-state index in [1.54, 1.807) is 31.0 Å². The summed E-state index contributed by atoms with van der Waals surface area (Å²) >= 11 is 0. The van der Waals surface area contributed by atoms with Gasteiger partial charge in [-0.3, -0.25) is 19.3 Å². The van der Waals surface area contributed by atoms with E-state index < -0.39 is 36.1 Å². The van der Waals surface area contributed by atoms with Crippen LogP contribution in [0.4, 0.5) is 0 Å². The molecular formula is C38H62N4O6. The molecule has 1 saturated carbocycles. The summed E-state index contributed by atoms with van der Waals surface area (Å²) in [5.74, 6) is -1.12. The molecule has 2 aliphatic rings. The summed E-state index contributed by atoms with van der Waals surface area (Å²) in [6, 6.07) is 8.18. The Morgan fingerprint density at radius 3 is 2.42 bits per heavy atom. The van der Waals surface area contributed by atoms with Crippen molar-refractivity contribution in [3.05, 3.63) is 48.0 Å². The zero-order chi connectivity index (χ0) is 35.1. The second-order valence-corrected chi connectivity index (χ2v) is 14.5. The highest BCUT2D eigenvalue weighted by Crippen LogP contribution is 2.29. The van der Waals surface area contributed by atoms with E-state index in [2.05, 4.69) is 22.6 Å². The molecule has 2 unspecified atom stereocenters. The fourth-order valence-electron chi connectivity index (χ4n) is 6.92. The van der Waals surface area contributed by atoms with Crippen LogP contribution in [-0.4, -0.2) is 108 Å². The Kier molecular flexibility index (Phi) is 17.1. The number of carbonyl (C=O) groups excluding carboxylic acids is 3. The zero-order valence-electron chi connectivity index (χ0n) is 30.0. The molecule has 0 bridgehead atoms. The molecule has 4 N–H and O–H groups in total. The van der Waals surface area contributed by atoms with E-state index in [4.69, 9.17) is 4.74 Å². The average molecular weight is 671 g/mol. The van der Waals surface area contributed by atoms with Gasteiger partial charge in [-0.15, -0.1) is 0 Å². The SMILES string of the molecule is C/C=C/[C@H](NC(=O)[C@@H](CC(=O)N(C)CCC1COCCN1C)Cc1ccccc1)C(=O)N[C@@H](CC1CCCCC1)C(O)[C@@H](O)CC(C)C. The van der Waals surface area contributed by atoms with Gasteiger partial charge in [-0.1, -0.05) is 88.4 Å². The van der Waals surface area contributed by atoms with Gasteiger partial charge in [0, 0.05) is 32.6 Å². The third-order valence-corrected chi connectivity index (χ3v) is 9.99. The van der Waals surface area contributed by atoms with E-state index in [-0.39, 0.29) is 30.2 Å². The van der Waals surface area contributed by atoms with Gasteiger partial charge >= 0.3 is 0 Å². The number of nitrogens with one attached hydrogen (secondary N) is 2. The second kappa shape index (κ2) is 20.7. The maximum Gasteiger partial charge on any atom is 0.246 e. The Labute approximate surface area is 288 Å². The van der Waals surface area contributed by atoms with Crippen molar-refractivity contribution in [1.29, 1.82) is 0 Å². The van der Waals surface area contributed by atoms with Gasteiger partial charge in [0.05, 0.1) is 31.3 Å². The molecule has 1 heterocycles. The van der Waals surface area contributed by atoms with Crippen molar-refractivity contribution >= 4 is 17.7 Å². The van der Waals surface area contributed by atoms with Crippen LogP contribution in [0.3, 0.4) is 0 Å². The standard InChI is InChI=1S/C38H62N4O6/c1-6-13-32(38(47)40-33(24-29-16-11-8-12-17-29)36(45)34(43)22-27(2)3)39-37(46)30(23-28-14-9-7-10-15-28)25-35(44)42(5)19-18-31-26-48-21-20-41(31)4/h6-7,9-10,13-15,27,29-34,36,43,45H,8,11-12,16-26H2,1-5H3,(H,39,46)(H,40,47)/b13-6+/t30-,31?,32+,33+,34+,36?/m1/s1. The molecule has 1 saturated heterocycles. The Morgan fingerprint density at radius 2 is 1.77 bits per heavy atom. The fraction of sp³-hybridized carbons (Fsp3) is 0.711. The molecule has 0 spiro atoms.